The minimum Gasteiger partial charge on any atom is -0.494 e. The SMILES string of the molecule is Cc1ccc(/C=C(/CCCOc2ccc(CO)cc2)c2cc(F)cc(F)c2)cc1C. The number of allylic oxidation sites excluding steroid dienone is 1. The highest BCUT2D eigenvalue weighted by molar-refractivity contribution is 5.81. The lowest BCUT2D eigenvalue weighted by molar-refractivity contribution is 0.281. The summed E-state index contributed by atoms with van der Waals surface area (Å²) in [5.41, 5.74) is 5.59. The zero-order chi connectivity index (χ0) is 21.5. The van der Waals surface area contributed by atoms with E-state index in [0.717, 1.165) is 28.5 Å². The molecule has 1 N–H and O–H groups in total. The fourth-order valence-electron chi connectivity index (χ4n) is 3.24. The van der Waals surface area contributed by atoms with Crippen molar-refractivity contribution in [2.24, 2.45) is 0 Å². The number of aliphatic hydroxyl groups excluding tert-OH is 1. The van der Waals surface area contributed by atoms with Crippen LogP contribution in [0, 0.1) is 25.5 Å². The van der Waals surface area contributed by atoms with Crippen molar-refractivity contribution in [3.63, 3.8) is 0 Å². The lowest BCUT2D eigenvalue weighted by Crippen LogP contribution is -1.99. The van der Waals surface area contributed by atoms with Crippen molar-refractivity contribution in [3.05, 3.63) is 100 Å². The Morgan fingerprint density at radius 3 is 2.23 bits per heavy atom. The van der Waals surface area contributed by atoms with Crippen LogP contribution >= 0.6 is 0 Å². The molecule has 0 aromatic heterocycles. The van der Waals surface area contributed by atoms with E-state index in [1.54, 1.807) is 0 Å². The molecule has 0 bridgehead atoms. The first kappa shape index (κ1) is 21.7. The molecule has 0 amide bonds. The first-order valence-electron chi connectivity index (χ1n) is 10.0. The summed E-state index contributed by atoms with van der Waals surface area (Å²) >= 11 is 0. The predicted molar refractivity (Wildman–Crippen MR) is 117 cm³/mol. The quantitative estimate of drug-likeness (QED) is 0.342. The molecule has 3 aromatic rings. The van der Waals surface area contributed by atoms with Crippen LogP contribution in [0.5, 0.6) is 5.75 Å². The fraction of sp³-hybridized carbons (Fsp3) is 0.231. The summed E-state index contributed by atoms with van der Waals surface area (Å²) in [5, 5.41) is 9.10. The summed E-state index contributed by atoms with van der Waals surface area (Å²) in [7, 11) is 0. The van der Waals surface area contributed by atoms with Crippen molar-refractivity contribution in [1.29, 1.82) is 0 Å². The van der Waals surface area contributed by atoms with Crippen LogP contribution in [-0.2, 0) is 6.61 Å². The molecule has 0 heterocycles. The van der Waals surface area contributed by atoms with Gasteiger partial charge in [0.2, 0.25) is 0 Å². The molecule has 0 aliphatic heterocycles. The maximum Gasteiger partial charge on any atom is 0.126 e. The third-order valence-electron chi connectivity index (χ3n) is 5.07. The first-order chi connectivity index (χ1) is 14.4. The normalized spacial score (nSPS) is 11.6. The Morgan fingerprint density at radius 1 is 0.900 bits per heavy atom. The van der Waals surface area contributed by atoms with E-state index in [1.165, 1.54) is 23.3 Å². The molecular weight excluding hydrogens is 382 g/mol. The van der Waals surface area contributed by atoms with Gasteiger partial charge in [-0.05, 0) is 84.3 Å². The van der Waals surface area contributed by atoms with Gasteiger partial charge in [0, 0.05) is 6.07 Å². The van der Waals surface area contributed by atoms with Gasteiger partial charge in [-0.1, -0.05) is 36.4 Å². The van der Waals surface area contributed by atoms with Crippen LogP contribution < -0.4 is 4.74 Å². The smallest absolute Gasteiger partial charge is 0.126 e. The summed E-state index contributed by atoms with van der Waals surface area (Å²) in [4.78, 5) is 0. The summed E-state index contributed by atoms with van der Waals surface area (Å²) in [5.74, 6) is -0.448. The van der Waals surface area contributed by atoms with E-state index in [1.807, 2.05) is 49.4 Å². The van der Waals surface area contributed by atoms with Gasteiger partial charge in [0.1, 0.15) is 17.4 Å². The van der Waals surface area contributed by atoms with Gasteiger partial charge in [-0.2, -0.15) is 0 Å². The number of aryl methyl sites for hydroxylation is 2. The molecule has 0 atom stereocenters. The molecule has 0 aliphatic rings. The second-order valence-electron chi connectivity index (χ2n) is 7.43. The van der Waals surface area contributed by atoms with Gasteiger partial charge in [0.25, 0.3) is 0 Å². The van der Waals surface area contributed by atoms with Crippen molar-refractivity contribution in [2.45, 2.75) is 33.3 Å². The Kier molecular flexibility index (Phi) is 7.36. The molecule has 3 rings (SSSR count). The van der Waals surface area contributed by atoms with Crippen molar-refractivity contribution < 1.29 is 18.6 Å². The van der Waals surface area contributed by atoms with Crippen LogP contribution in [0.25, 0.3) is 11.6 Å². The summed E-state index contributed by atoms with van der Waals surface area (Å²) in [6.45, 7) is 4.57. The summed E-state index contributed by atoms with van der Waals surface area (Å²) in [6, 6.07) is 17.0. The van der Waals surface area contributed by atoms with Crippen molar-refractivity contribution in [1.82, 2.24) is 0 Å². The van der Waals surface area contributed by atoms with Crippen molar-refractivity contribution in [2.75, 3.05) is 6.61 Å². The molecule has 0 radical (unpaired) electrons. The van der Waals surface area contributed by atoms with Crippen LogP contribution in [0.3, 0.4) is 0 Å². The topological polar surface area (TPSA) is 29.5 Å². The zero-order valence-electron chi connectivity index (χ0n) is 17.3. The first-order valence-corrected chi connectivity index (χ1v) is 10.0. The molecule has 0 saturated heterocycles. The van der Waals surface area contributed by atoms with E-state index in [9.17, 15) is 8.78 Å². The van der Waals surface area contributed by atoms with E-state index < -0.39 is 11.6 Å². The van der Waals surface area contributed by atoms with Crippen LogP contribution in [0.15, 0.2) is 60.7 Å². The van der Waals surface area contributed by atoms with Crippen LogP contribution in [0.4, 0.5) is 8.78 Å². The standard InChI is InChI=1S/C26H26F2O2/c1-18-5-6-21(12-19(18)2)13-22(23-14-24(27)16-25(28)15-23)4-3-11-30-26-9-7-20(17-29)8-10-26/h5-10,12-16,29H,3-4,11,17H2,1-2H3/b22-13-. The third kappa shape index (κ3) is 6.01. The largest absolute Gasteiger partial charge is 0.494 e. The Morgan fingerprint density at radius 2 is 1.60 bits per heavy atom. The maximum atomic E-state index is 13.8. The van der Waals surface area contributed by atoms with Crippen LogP contribution in [-0.4, -0.2) is 11.7 Å². The minimum absolute atomic E-state index is 0.00286. The minimum atomic E-state index is -0.587. The highest BCUT2D eigenvalue weighted by Crippen LogP contribution is 2.26. The van der Waals surface area contributed by atoms with E-state index in [-0.39, 0.29) is 6.61 Å². The van der Waals surface area contributed by atoms with Gasteiger partial charge in [-0.3, -0.25) is 0 Å². The molecule has 4 heteroatoms. The molecule has 0 saturated carbocycles. The zero-order valence-corrected chi connectivity index (χ0v) is 17.3. The molecule has 156 valence electrons. The van der Waals surface area contributed by atoms with Gasteiger partial charge in [-0.15, -0.1) is 0 Å². The van der Waals surface area contributed by atoms with E-state index in [4.69, 9.17) is 9.84 Å². The lowest BCUT2D eigenvalue weighted by Gasteiger charge is -2.11. The predicted octanol–water partition coefficient (Wildman–Crippen LogP) is 6.47. The Bertz CT molecular complexity index is 1000. The molecular formula is C26H26F2O2. The van der Waals surface area contributed by atoms with Crippen LogP contribution in [0.2, 0.25) is 0 Å². The molecule has 3 aromatic carbocycles. The molecule has 2 nitrogen and oxygen atoms in total. The summed E-state index contributed by atoms with van der Waals surface area (Å²) in [6.07, 6.45) is 3.29. The number of halogens is 2. The third-order valence-corrected chi connectivity index (χ3v) is 5.07. The average Bonchev–Trinajstić information content (AvgIpc) is 2.72. The molecule has 0 aliphatic carbocycles. The van der Waals surface area contributed by atoms with E-state index in [0.29, 0.717) is 25.0 Å². The second kappa shape index (κ2) is 10.2. The number of hydrogen-bond acceptors (Lipinski definition) is 2. The van der Waals surface area contributed by atoms with Crippen LogP contribution in [0.1, 0.15) is 40.7 Å². The highest BCUT2D eigenvalue weighted by Gasteiger charge is 2.08. The lowest BCUT2D eigenvalue weighted by atomic mass is 9.97. The van der Waals surface area contributed by atoms with Gasteiger partial charge in [-0.25, -0.2) is 8.78 Å². The average molecular weight is 408 g/mol. The molecule has 0 fully saturated rings. The Labute approximate surface area is 176 Å². The van der Waals surface area contributed by atoms with E-state index >= 15 is 0 Å². The Balaban J connectivity index is 1.75. The van der Waals surface area contributed by atoms with Gasteiger partial charge in [0.15, 0.2) is 0 Å². The Hall–Kier alpha value is -2.98. The molecule has 0 unspecified atom stereocenters. The van der Waals surface area contributed by atoms with Gasteiger partial charge < -0.3 is 9.84 Å². The second-order valence-corrected chi connectivity index (χ2v) is 7.43. The van der Waals surface area contributed by atoms with E-state index in [2.05, 4.69) is 13.0 Å². The number of aliphatic hydroxyl groups is 1. The number of ether oxygens (including phenoxy) is 1. The number of rotatable bonds is 8. The maximum absolute atomic E-state index is 13.8. The monoisotopic (exact) mass is 408 g/mol. The number of hydrogen-bond donors (Lipinski definition) is 1. The fourth-order valence-corrected chi connectivity index (χ4v) is 3.24. The van der Waals surface area contributed by atoms with Gasteiger partial charge in [0.05, 0.1) is 13.2 Å². The summed E-state index contributed by atoms with van der Waals surface area (Å²) < 4.78 is 33.4. The number of benzene rings is 3. The van der Waals surface area contributed by atoms with Crippen molar-refractivity contribution >= 4 is 11.6 Å². The molecule has 30 heavy (non-hydrogen) atoms. The van der Waals surface area contributed by atoms with Crippen molar-refractivity contribution in [3.8, 4) is 5.75 Å². The van der Waals surface area contributed by atoms with Gasteiger partial charge >= 0.3 is 0 Å². The highest BCUT2D eigenvalue weighted by atomic mass is 19.1. The molecule has 0 spiro atoms.